The second-order valence-electron chi connectivity index (χ2n) is 5.69. The molecule has 0 aromatic rings. The van der Waals surface area contributed by atoms with Crippen LogP contribution in [0.2, 0.25) is 0 Å². The van der Waals surface area contributed by atoms with Crippen molar-refractivity contribution in [3.8, 4) is 0 Å². The molecule has 0 radical (unpaired) electrons. The number of hydrogen-bond donors (Lipinski definition) is 1. The maximum atomic E-state index is 12.4. The third-order valence-corrected chi connectivity index (χ3v) is 4.71. The molecule has 1 unspecified atom stereocenters. The van der Waals surface area contributed by atoms with E-state index >= 15 is 0 Å². The molecule has 16 heavy (non-hydrogen) atoms. The van der Waals surface area contributed by atoms with Crippen molar-refractivity contribution < 1.29 is 4.79 Å². The maximum Gasteiger partial charge on any atom is 0.140 e. The van der Waals surface area contributed by atoms with Gasteiger partial charge in [0.05, 0.1) is 0 Å². The standard InChI is InChI=1S/C14H25NO/c1-2-14(8-9-15-11-14)13(16)10-12-6-4-3-5-7-12/h12,15H,2-11H2,1H3. The van der Waals surface area contributed by atoms with E-state index in [0.717, 1.165) is 32.4 Å². The van der Waals surface area contributed by atoms with Gasteiger partial charge in [0.1, 0.15) is 5.78 Å². The summed E-state index contributed by atoms with van der Waals surface area (Å²) in [6.45, 7) is 4.13. The zero-order valence-electron chi connectivity index (χ0n) is 10.6. The number of carbonyl (C=O) groups excluding carboxylic acids is 1. The minimum atomic E-state index is -0.00253. The second-order valence-corrected chi connectivity index (χ2v) is 5.69. The second kappa shape index (κ2) is 5.31. The average Bonchev–Trinajstić information content (AvgIpc) is 2.80. The summed E-state index contributed by atoms with van der Waals surface area (Å²) < 4.78 is 0. The fourth-order valence-corrected chi connectivity index (χ4v) is 3.35. The van der Waals surface area contributed by atoms with Crippen LogP contribution >= 0.6 is 0 Å². The Hall–Kier alpha value is -0.370. The molecule has 2 heteroatoms. The van der Waals surface area contributed by atoms with Crippen molar-refractivity contribution in [1.29, 1.82) is 0 Å². The first-order chi connectivity index (χ1) is 7.77. The molecule has 1 heterocycles. The topological polar surface area (TPSA) is 29.1 Å². The van der Waals surface area contributed by atoms with Crippen LogP contribution in [-0.2, 0) is 4.79 Å². The van der Waals surface area contributed by atoms with Crippen LogP contribution < -0.4 is 5.32 Å². The normalized spacial score (nSPS) is 31.8. The summed E-state index contributed by atoms with van der Waals surface area (Å²) in [5.74, 6) is 1.25. The lowest BCUT2D eigenvalue weighted by molar-refractivity contribution is -0.129. The van der Waals surface area contributed by atoms with Crippen molar-refractivity contribution in [2.24, 2.45) is 11.3 Å². The molecule has 0 aromatic heterocycles. The summed E-state index contributed by atoms with van der Waals surface area (Å²) in [7, 11) is 0. The predicted molar refractivity (Wildman–Crippen MR) is 66.4 cm³/mol. The molecule has 0 spiro atoms. The number of nitrogens with one attached hydrogen (secondary N) is 1. The highest BCUT2D eigenvalue weighted by atomic mass is 16.1. The Balaban J connectivity index is 1.90. The number of carbonyl (C=O) groups is 1. The Labute approximate surface area is 99.2 Å². The van der Waals surface area contributed by atoms with Crippen LogP contribution in [0.3, 0.4) is 0 Å². The summed E-state index contributed by atoms with van der Waals surface area (Å²) in [6, 6.07) is 0. The van der Waals surface area contributed by atoms with E-state index in [1.807, 2.05) is 0 Å². The molecule has 2 nitrogen and oxygen atoms in total. The van der Waals surface area contributed by atoms with Gasteiger partial charge in [-0.15, -0.1) is 0 Å². The Morgan fingerprint density at radius 1 is 1.31 bits per heavy atom. The van der Waals surface area contributed by atoms with Gasteiger partial charge in [0.15, 0.2) is 0 Å². The first-order valence-corrected chi connectivity index (χ1v) is 7.01. The van der Waals surface area contributed by atoms with Crippen molar-refractivity contribution in [3.05, 3.63) is 0 Å². The third kappa shape index (κ3) is 2.48. The van der Waals surface area contributed by atoms with Gasteiger partial charge in [0.25, 0.3) is 0 Å². The Bertz CT molecular complexity index is 237. The Morgan fingerprint density at radius 3 is 2.62 bits per heavy atom. The molecule has 0 bridgehead atoms. The summed E-state index contributed by atoms with van der Waals surface area (Å²) in [5, 5.41) is 3.36. The SMILES string of the molecule is CCC1(C(=O)CC2CCCCC2)CCNC1. The zero-order chi connectivity index (χ0) is 11.4. The van der Waals surface area contributed by atoms with E-state index in [-0.39, 0.29) is 5.41 Å². The molecule has 1 saturated heterocycles. The van der Waals surface area contributed by atoms with Crippen molar-refractivity contribution in [3.63, 3.8) is 0 Å². The van der Waals surface area contributed by atoms with Gasteiger partial charge in [0, 0.05) is 18.4 Å². The minimum absolute atomic E-state index is 0.00253. The fraction of sp³-hybridized carbons (Fsp3) is 0.929. The molecular formula is C14H25NO. The van der Waals surface area contributed by atoms with Gasteiger partial charge in [0.2, 0.25) is 0 Å². The lowest BCUT2D eigenvalue weighted by atomic mass is 9.74. The number of hydrogen-bond acceptors (Lipinski definition) is 2. The highest BCUT2D eigenvalue weighted by Crippen LogP contribution is 2.35. The van der Waals surface area contributed by atoms with E-state index in [9.17, 15) is 4.79 Å². The van der Waals surface area contributed by atoms with Gasteiger partial charge in [-0.2, -0.15) is 0 Å². The minimum Gasteiger partial charge on any atom is -0.316 e. The fourth-order valence-electron chi connectivity index (χ4n) is 3.35. The molecule has 0 amide bonds. The molecule has 2 fully saturated rings. The number of Topliss-reactive ketones (excluding diaryl/α,β-unsaturated/α-hetero) is 1. The smallest absolute Gasteiger partial charge is 0.140 e. The van der Waals surface area contributed by atoms with E-state index in [0.29, 0.717) is 11.7 Å². The van der Waals surface area contributed by atoms with E-state index in [4.69, 9.17) is 0 Å². The largest absolute Gasteiger partial charge is 0.316 e. The Morgan fingerprint density at radius 2 is 2.06 bits per heavy atom. The number of ketones is 1. The molecule has 0 aromatic carbocycles. The molecule has 92 valence electrons. The van der Waals surface area contributed by atoms with Gasteiger partial charge < -0.3 is 5.32 Å². The third-order valence-electron chi connectivity index (χ3n) is 4.71. The lowest BCUT2D eigenvalue weighted by Gasteiger charge is -2.28. The van der Waals surface area contributed by atoms with Crippen molar-refractivity contribution in [1.82, 2.24) is 5.32 Å². The highest BCUT2D eigenvalue weighted by molar-refractivity contribution is 5.85. The van der Waals surface area contributed by atoms with Crippen LogP contribution in [-0.4, -0.2) is 18.9 Å². The average molecular weight is 223 g/mol. The lowest BCUT2D eigenvalue weighted by Crippen LogP contribution is -2.34. The summed E-state index contributed by atoms with van der Waals surface area (Å²) >= 11 is 0. The quantitative estimate of drug-likeness (QED) is 0.794. The van der Waals surface area contributed by atoms with Crippen molar-refractivity contribution in [2.75, 3.05) is 13.1 Å². The first kappa shape index (κ1) is 12.1. The maximum absolute atomic E-state index is 12.4. The molecule has 1 aliphatic heterocycles. The van der Waals surface area contributed by atoms with Crippen LogP contribution in [0.15, 0.2) is 0 Å². The number of rotatable bonds is 4. The van der Waals surface area contributed by atoms with E-state index in [1.165, 1.54) is 32.1 Å². The van der Waals surface area contributed by atoms with Crippen LogP contribution in [0.1, 0.15) is 58.3 Å². The van der Waals surface area contributed by atoms with E-state index < -0.39 is 0 Å². The van der Waals surface area contributed by atoms with Gasteiger partial charge in [-0.1, -0.05) is 39.0 Å². The molecular weight excluding hydrogens is 198 g/mol. The van der Waals surface area contributed by atoms with Crippen molar-refractivity contribution in [2.45, 2.75) is 58.3 Å². The molecule has 2 aliphatic rings. The van der Waals surface area contributed by atoms with Crippen LogP contribution in [0, 0.1) is 11.3 Å². The summed E-state index contributed by atoms with van der Waals surface area (Å²) in [6.07, 6.45) is 9.59. The monoisotopic (exact) mass is 223 g/mol. The van der Waals surface area contributed by atoms with Crippen LogP contribution in [0.4, 0.5) is 0 Å². The molecule has 1 atom stereocenters. The highest BCUT2D eigenvalue weighted by Gasteiger charge is 2.39. The van der Waals surface area contributed by atoms with Gasteiger partial charge in [-0.3, -0.25) is 4.79 Å². The van der Waals surface area contributed by atoms with Crippen molar-refractivity contribution >= 4 is 5.78 Å². The summed E-state index contributed by atoms with van der Waals surface area (Å²) in [4.78, 5) is 12.4. The van der Waals surface area contributed by atoms with Crippen LogP contribution in [0.25, 0.3) is 0 Å². The predicted octanol–water partition coefficient (Wildman–Crippen LogP) is 2.92. The van der Waals surface area contributed by atoms with E-state index in [1.54, 1.807) is 0 Å². The Kier molecular flexibility index (Phi) is 4.01. The molecule has 1 N–H and O–H groups in total. The first-order valence-electron chi connectivity index (χ1n) is 7.01. The van der Waals surface area contributed by atoms with E-state index in [2.05, 4.69) is 12.2 Å². The summed E-state index contributed by atoms with van der Waals surface area (Å²) in [5.41, 5.74) is -0.00253. The zero-order valence-corrected chi connectivity index (χ0v) is 10.6. The van der Waals surface area contributed by atoms with Gasteiger partial charge in [-0.05, 0) is 25.3 Å². The van der Waals surface area contributed by atoms with Gasteiger partial charge >= 0.3 is 0 Å². The molecule has 1 saturated carbocycles. The molecule has 1 aliphatic carbocycles. The van der Waals surface area contributed by atoms with Gasteiger partial charge in [-0.25, -0.2) is 0 Å². The van der Waals surface area contributed by atoms with Crippen LogP contribution in [0.5, 0.6) is 0 Å². The molecule has 2 rings (SSSR count).